The number of aromatic nitrogens is 6. The molecule has 3 heterocycles. The Morgan fingerprint density at radius 1 is 1.26 bits per heavy atom. The van der Waals surface area contributed by atoms with E-state index >= 15 is 0 Å². The zero-order chi connectivity index (χ0) is 16.4. The van der Waals surface area contributed by atoms with Crippen molar-refractivity contribution < 1.29 is 0 Å². The monoisotopic (exact) mass is 311 g/mol. The summed E-state index contributed by atoms with van der Waals surface area (Å²) in [6, 6.07) is 1.92. The maximum absolute atomic E-state index is 4.63. The first-order valence-corrected chi connectivity index (χ1v) is 7.66. The van der Waals surface area contributed by atoms with Crippen molar-refractivity contribution in [3.8, 4) is 11.3 Å². The highest BCUT2D eigenvalue weighted by Crippen LogP contribution is 2.25. The van der Waals surface area contributed by atoms with Crippen molar-refractivity contribution >= 4 is 5.95 Å². The highest BCUT2D eigenvalue weighted by atomic mass is 15.3. The molecule has 0 amide bonds. The summed E-state index contributed by atoms with van der Waals surface area (Å²) in [7, 11) is 1.94. The van der Waals surface area contributed by atoms with Gasteiger partial charge in [-0.25, -0.2) is 15.0 Å². The number of hydrogen-bond donors (Lipinski definition) is 1. The van der Waals surface area contributed by atoms with E-state index in [0.29, 0.717) is 12.5 Å². The lowest BCUT2D eigenvalue weighted by atomic mass is 10.1. The van der Waals surface area contributed by atoms with Crippen LogP contribution in [-0.4, -0.2) is 29.3 Å². The molecule has 23 heavy (non-hydrogen) atoms. The molecule has 0 aliphatic rings. The number of hydrogen-bond acceptors (Lipinski definition) is 5. The molecule has 0 bridgehead atoms. The third kappa shape index (κ3) is 2.94. The van der Waals surface area contributed by atoms with Crippen molar-refractivity contribution in [2.24, 2.45) is 7.05 Å². The number of nitrogens with one attached hydrogen (secondary N) is 1. The average molecular weight is 311 g/mol. The van der Waals surface area contributed by atoms with Crippen LogP contribution in [0.5, 0.6) is 0 Å². The van der Waals surface area contributed by atoms with Crippen LogP contribution in [0.2, 0.25) is 0 Å². The van der Waals surface area contributed by atoms with Gasteiger partial charge < -0.3 is 9.88 Å². The molecule has 0 spiro atoms. The van der Waals surface area contributed by atoms with Crippen LogP contribution in [0, 0.1) is 13.8 Å². The zero-order valence-corrected chi connectivity index (χ0v) is 13.9. The maximum atomic E-state index is 4.63. The highest BCUT2D eigenvalue weighted by Gasteiger charge is 2.13. The van der Waals surface area contributed by atoms with Gasteiger partial charge in [0.2, 0.25) is 5.95 Å². The SMILES string of the molecule is CCn1cncc1CNc1nccc(-c2c(C)nn(C)c2C)n1. The van der Waals surface area contributed by atoms with E-state index < -0.39 is 0 Å². The molecule has 0 aromatic carbocycles. The Morgan fingerprint density at radius 2 is 2.09 bits per heavy atom. The Bertz CT molecular complexity index is 816. The van der Waals surface area contributed by atoms with Crippen LogP contribution in [0.1, 0.15) is 24.0 Å². The Morgan fingerprint density at radius 3 is 2.78 bits per heavy atom. The first-order chi connectivity index (χ1) is 11.1. The molecule has 120 valence electrons. The van der Waals surface area contributed by atoms with Gasteiger partial charge in [-0.05, 0) is 26.8 Å². The van der Waals surface area contributed by atoms with Gasteiger partial charge in [0.05, 0.1) is 30.0 Å². The highest BCUT2D eigenvalue weighted by molar-refractivity contribution is 5.65. The van der Waals surface area contributed by atoms with Gasteiger partial charge in [-0.3, -0.25) is 4.68 Å². The van der Waals surface area contributed by atoms with Crippen LogP contribution in [0.4, 0.5) is 5.95 Å². The summed E-state index contributed by atoms with van der Waals surface area (Å²) in [6.45, 7) is 7.67. The second-order valence-electron chi connectivity index (χ2n) is 5.46. The standard InChI is InChI=1S/C16H21N7/c1-5-23-10-17-8-13(23)9-19-16-18-7-6-14(20-16)15-11(2)21-22(4)12(15)3/h6-8,10H,5,9H2,1-4H3,(H,18,19,20). The smallest absolute Gasteiger partial charge is 0.223 e. The summed E-state index contributed by atoms with van der Waals surface area (Å²) in [6.07, 6.45) is 5.46. The lowest BCUT2D eigenvalue weighted by molar-refractivity contribution is 0.718. The summed E-state index contributed by atoms with van der Waals surface area (Å²) < 4.78 is 3.96. The summed E-state index contributed by atoms with van der Waals surface area (Å²) in [5, 5.41) is 7.72. The van der Waals surface area contributed by atoms with Crippen molar-refractivity contribution in [2.45, 2.75) is 33.9 Å². The molecule has 0 unspecified atom stereocenters. The fourth-order valence-corrected chi connectivity index (χ4v) is 2.68. The first kappa shape index (κ1) is 15.2. The van der Waals surface area contributed by atoms with E-state index in [-0.39, 0.29) is 0 Å². The number of imidazole rings is 1. The van der Waals surface area contributed by atoms with Gasteiger partial charge in [0, 0.05) is 37.2 Å². The predicted molar refractivity (Wildman–Crippen MR) is 88.9 cm³/mol. The zero-order valence-electron chi connectivity index (χ0n) is 13.9. The van der Waals surface area contributed by atoms with Crippen molar-refractivity contribution in [3.05, 3.63) is 41.9 Å². The fourth-order valence-electron chi connectivity index (χ4n) is 2.68. The molecule has 7 nitrogen and oxygen atoms in total. The largest absolute Gasteiger partial charge is 0.349 e. The average Bonchev–Trinajstić information content (AvgIpc) is 3.10. The molecule has 0 fully saturated rings. The summed E-state index contributed by atoms with van der Waals surface area (Å²) in [5.74, 6) is 0.606. The molecule has 0 atom stereocenters. The van der Waals surface area contributed by atoms with E-state index in [0.717, 1.165) is 34.9 Å². The minimum Gasteiger partial charge on any atom is -0.349 e. The third-order valence-corrected chi connectivity index (χ3v) is 3.99. The number of rotatable bonds is 5. The Kier molecular flexibility index (Phi) is 4.10. The van der Waals surface area contributed by atoms with Crippen LogP contribution in [0.3, 0.4) is 0 Å². The van der Waals surface area contributed by atoms with Crippen LogP contribution in [0.25, 0.3) is 11.3 Å². The minimum atomic E-state index is 0.606. The molecule has 0 aliphatic heterocycles. The second-order valence-corrected chi connectivity index (χ2v) is 5.46. The van der Waals surface area contributed by atoms with E-state index in [9.17, 15) is 0 Å². The fraction of sp³-hybridized carbons (Fsp3) is 0.375. The first-order valence-electron chi connectivity index (χ1n) is 7.66. The van der Waals surface area contributed by atoms with Gasteiger partial charge in [-0.2, -0.15) is 5.10 Å². The lowest BCUT2D eigenvalue weighted by Gasteiger charge is -2.08. The number of anilines is 1. The summed E-state index contributed by atoms with van der Waals surface area (Å²) >= 11 is 0. The molecule has 3 rings (SSSR count). The van der Waals surface area contributed by atoms with Crippen LogP contribution < -0.4 is 5.32 Å². The molecule has 0 aliphatic carbocycles. The second kappa shape index (κ2) is 6.20. The molecule has 0 radical (unpaired) electrons. The molecule has 0 saturated heterocycles. The Hall–Kier alpha value is -2.70. The molecule has 3 aromatic heterocycles. The van der Waals surface area contributed by atoms with E-state index in [1.807, 2.05) is 44.2 Å². The lowest BCUT2D eigenvalue weighted by Crippen LogP contribution is -2.08. The minimum absolute atomic E-state index is 0.606. The molecule has 3 aromatic rings. The quantitative estimate of drug-likeness (QED) is 0.783. The number of nitrogens with zero attached hydrogens (tertiary/aromatic N) is 6. The molecule has 0 saturated carbocycles. The topological polar surface area (TPSA) is 73.5 Å². The number of aryl methyl sites for hydroxylation is 3. The Balaban J connectivity index is 1.83. The Labute approximate surface area is 135 Å². The molecular weight excluding hydrogens is 290 g/mol. The summed E-state index contributed by atoms with van der Waals surface area (Å²) in [4.78, 5) is 13.1. The van der Waals surface area contributed by atoms with Gasteiger partial charge in [0.15, 0.2) is 0 Å². The van der Waals surface area contributed by atoms with Crippen molar-refractivity contribution in [3.63, 3.8) is 0 Å². The predicted octanol–water partition coefficient (Wildman–Crippen LogP) is 2.32. The van der Waals surface area contributed by atoms with E-state index in [2.05, 4.69) is 36.9 Å². The van der Waals surface area contributed by atoms with Gasteiger partial charge in [0.1, 0.15) is 0 Å². The molecule has 1 N–H and O–H groups in total. The third-order valence-electron chi connectivity index (χ3n) is 3.99. The van der Waals surface area contributed by atoms with Crippen LogP contribution in [-0.2, 0) is 20.1 Å². The van der Waals surface area contributed by atoms with Gasteiger partial charge in [-0.1, -0.05) is 0 Å². The molecule has 7 heteroatoms. The van der Waals surface area contributed by atoms with Gasteiger partial charge >= 0.3 is 0 Å². The molecular formula is C16H21N7. The maximum Gasteiger partial charge on any atom is 0.223 e. The van der Waals surface area contributed by atoms with Gasteiger partial charge in [-0.15, -0.1) is 0 Å². The van der Waals surface area contributed by atoms with Crippen LogP contribution >= 0.6 is 0 Å². The van der Waals surface area contributed by atoms with Crippen molar-refractivity contribution in [1.82, 2.24) is 29.3 Å². The van der Waals surface area contributed by atoms with E-state index in [1.54, 1.807) is 6.20 Å². The van der Waals surface area contributed by atoms with Gasteiger partial charge in [0.25, 0.3) is 0 Å². The van der Waals surface area contributed by atoms with Crippen molar-refractivity contribution in [1.29, 1.82) is 0 Å². The van der Waals surface area contributed by atoms with Crippen molar-refractivity contribution in [2.75, 3.05) is 5.32 Å². The van der Waals surface area contributed by atoms with Crippen LogP contribution in [0.15, 0.2) is 24.8 Å². The summed E-state index contributed by atoms with van der Waals surface area (Å²) in [5.41, 5.74) is 5.12. The van der Waals surface area contributed by atoms with E-state index in [1.165, 1.54) is 0 Å². The normalized spacial score (nSPS) is 11.0. The van der Waals surface area contributed by atoms with E-state index in [4.69, 9.17) is 0 Å².